The highest BCUT2D eigenvalue weighted by molar-refractivity contribution is 5.65. The lowest BCUT2D eigenvalue weighted by Gasteiger charge is -2.06. The normalized spacial score (nSPS) is 14.0. The molecular weight excluding hydrogens is 253 g/mol. The molecule has 0 aliphatic heterocycles. The molecule has 0 radical (unpaired) electrons. The summed E-state index contributed by atoms with van der Waals surface area (Å²) < 4.78 is 13.5. The summed E-state index contributed by atoms with van der Waals surface area (Å²) in [5.41, 5.74) is 2.90. The number of hydrogen-bond acceptors (Lipinski definition) is 3. The predicted molar refractivity (Wildman–Crippen MR) is 74.2 cm³/mol. The maximum absolute atomic E-state index is 13.5. The average Bonchev–Trinajstić information content (AvgIpc) is 3.29. The number of nitriles is 1. The van der Waals surface area contributed by atoms with Gasteiger partial charge in [-0.1, -0.05) is 0 Å². The van der Waals surface area contributed by atoms with Gasteiger partial charge in [-0.25, -0.2) is 4.39 Å². The van der Waals surface area contributed by atoms with Crippen LogP contribution in [0.15, 0.2) is 36.7 Å². The van der Waals surface area contributed by atoms with E-state index in [9.17, 15) is 4.39 Å². The van der Waals surface area contributed by atoms with Gasteiger partial charge in [-0.05, 0) is 48.2 Å². The minimum absolute atomic E-state index is 0.321. The number of rotatable bonds is 4. The number of pyridine rings is 1. The van der Waals surface area contributed by atoms with Crippen molar-refractivity contribution < 1.29 is 4.39 Å². The van der Waals surface area contributed by atoms with Crippen LogP contribution in [-0.2, 0) is 6.54 Å². The molecule has 1 saturated carbocycles. The molecule has 0 saturated heterocycles. The molecule has 20 heavy (non-hydrogen) atoms. The molecule has 100 valence electrons. The lowest BCUT2D eigenvalue weighted by atomic mass is 10.0. The molecule has 0 spiro atoms. The van der Waals surface area contributed by atoms with Crippen LogP contribution in [0.2, 0.25) is 0 Å². The fourth-order valence-corrected chi connectivity index (χ4v) is 2.11. The minimum atomic E-state index is -0.402. The smallest absolute Gasteiger partial charge is 0.125 e. The molecule has 1 aliphatic carbocycles. The highest BCUT2D eigenvalue weighted by Crippen LogP contribution is 2.23. The zero-order valence-electron chi connectivity index (χ0n) is 10.9. The van der Waals surface area contributed by atoms with E-state index in [1.165, 1.54) is 25.0 Å². The molecule has 1 fully saturated rings. The van der Waals surface area contributed by atoms with Gasteiger partial charge in [0.2, 0.25) is 0 Å². The number of hydrogen-bond donors (Lipinski definition) is 1. The van der Waals surface area contributed by atoms with Gasteiger partial charge in [0, 0.05) is 30.5 Å². The van der Waals surface area contributed by atoms with E-state index in [0.717, 1.165) is 17.7 Å². The third-order valence-electron chi connectivity index (χ3n) is 3.33. The summed E-state index contributed by atoms with van der Waals surface area (Å²) in [6.45, 7) is 0.770. The second-order valence-corrected chi connectivity index (χ2v) is 5.08. The van der Waals surface area contributed by atoms with Crippen molar-refractivity contribution >= 4 is 0 Å². The van der Waals surface area contributed by atoms with Crippen molar-refractivity contribution in [2.45, 2.75) is 25.4 Å². The van der Waals surface area contributed by atoms with E-state index < -0.39 is 5.82 Å². The Kier molecular flexibility index (Phi) is 3.44. The average molecular weight is 267 g/mol. The van der Waals surface area contributed by atoms with Gasteiger partial charge in [-0.15, -0.1) is 0 Å². The minimum Gasteiger partial charge on any atom is -0.310 e. The van der Waals surface area contributed by atoms with Gasteiger partial charge in [-0.3, -0.25) is 4.98 Å². The first-order chi connectivity index (χ1) is 9.74. The van der Waals surface area contributed by atoms with Gasteiger partial charge >= 0.3 is 0 Å². The Bertz CT molecular complexity index is 672. The SMILES string of the molecule is N#Cc1cc(F)cc(-c2cncc(CNC3CC3)c2)c1. The summed E-state index contributed by atoms with van der Waals surface area (Å²) in [5, 5.41) is 12.3. The van der Waals surface area contributed by atoms with Crippen molar-refractivity contribution in [2.75, 3.05) is 0 Å². The second kappa shape index (κ2) is 5.40. The molecule has 0 atom stereocenters. The zero-order valence-corrected chi connectivity index (χ0v) is 10.9. The maximum Gasteiger partial charge on any atom is 0.125 e. The Hall–Kier alpha value is -2.25. The first-order valence-corrected chi connectivity index (χ1v) is 6.63. The molecule has 1 aromatic heterocycles. The third kappa shape index (κ3) is 3.01. The topological polar surface area (TPSA) is 48.7 Å². The van der Waals surface area contributed by atoms with Crippen molar-refractivity contribution in [3.63, 3.8) is 0 Å². The fraction of sp³-hybridized carbons (Fsp3) is 0.250. The van der Waals surface area contributed by atoms with Crippen molar-refractivity contribution in [1.29, 1.82) is 5.26 Å². The summed E-state index contributed by atoms with van der Waals surface area (Å²) in [5.74, 6) is -0.402. The van der Waals surface area contributed by atoms with E-state index in [1.54, 1.807) is 12.3 Å². The second-order valence-electron chi connectivity index (χ2n) is 5.08. The summed E-state index contributed by atoms with van der Waals surface area (Å²) in [4.78, 5) is 4.20. The molecule has 0 bridgehead atoms. The van der Waals surface area contributed by atoms with Gasteiger partial charge in [-0.2, -0.15) is 5.26 Å². The number of nitrogens with zero attached hydrogens (tertiary/aromatic N) is 2. The molecular formula is C16H14FN3. The van der Waals surface area contributed by atoms with E-state index in [0.29, 0.717) is 17.2 Å². The van der Waals surface area contributed by atoms with Crippen molar-refractivity contribution in [3.05, 3.63) is 53.6 Å². The molecule has 0 amide bonds. The first kappa shape index (κ1) is 12.8. The van der Waals surface area contributed by atoms with Gasteiger partial charge in [0.1, 0.15) is 5.82 Å². The number of aromatic nitrogens is 1. The molecule has 1 aliphatic rings. The van der Waals surface area contributed by atoms with Crippen LogP contribution in [0.5, 0.6) is 0 Å². The molecule has 1 aromatic carbocycles. The van der Waals surface area contributed by atoms with Gasteiger partial charge in [0.25, 0.3) is 0 Å². The number of benzene rings is 1. The summed E-state index contributed by atoms with van der Waals surface area (Å²) >= 11 is 0. The van der Waals surface area contributed by atoms with Crippen LogP contribution in [0.3, 0.4) is 0 Å². The van der Waals surface area contributed by atoms with Crippen LogP contribution in [0.1, 0.15) is 24.0 Å². The van der Waals surface area contributed by atoms with Crippen LogP contribution < -0.4 is 5.32 Å². The van der Waals surface area contributed by atoms with E-state index in [2.05, 4.69) is 10.3 Å². The standard InChI is InChI=1S/C16H14FN3/c17-15-5-11(7-18)3-13(6-15)14-4-12(8-19-10-14)9-20-16-1-2-16/h3-6,8,10,16,20H,1-2,9H2. The Morgan fingerprint density at radius 2 is 2.05 bits per heavy atom. The lowest BCUT2D eigenvalue weighted by molar-refractivity contribution is 0.628. The zero-order chi connectivity index (χ0) is 13.9. The van der Waals surface area contributed by atoms with Crippen molar-refractivity contribution in [2.24, 2.45) is 0 Å². The molecule has 3 rings (SSSR count). The maximum atomic E-state index is 13.5. The summed E-state index contributed by atoms with van der Waals surface area (Å²) in [6.07, 6.45) is 5.98. The van der Waals surface area contributed by atoms with Gasteiger partial charge in [0.05, 0.1) is 11.6 Å². The molecule has 4 heteroatoms. The molecule has 2 aromatic rings. The fourth-order valence-electron chi connectivity index (χ4n) is 2.11. The quantitative estimate of drug-likeness (QED) is 0.926. The number of halogens is 1. The Balaban J connectivity index is 1.87. The molecule has 1 heterocycles. The number of nitrogens with one attached hydrogen (secondary N) is 1. The lowest BCUT2D eigenvalue weighted by Crippen LogP contribution is -2.15. The largest absolute Gasteiger partial charge is 0.310 e. The predicted octanol–water partition coefficient (Wildman–Crippen LogP) is 3.01. The third-order valence-corrected chi connectivity index (χ3v) is 3.33. The van der Waals surface area contributed by atoms with Gasteiger partial charge < -0.3 is 5.32 Å². The van der Waals surface area contributed by atoms with E-state index >= 15 is 0 Å². The first-order valence-electron chi connectivity index (χ1n) is 6.63. The summed E-state index contributed by atoms with van der Waals surface area (Å²) in [7, 11) is 0. The molecule has 1 N–H and O–H groups in total. The van der Waals surface area contributed by atoms with Crippen LogP contribution in [0, 0.1) is 17.1 Å². The monoisotopic (exact) mass is 267 g/mol. The molecule has 3 nitrogen and oxygen atoms in total. The van der Waals surface area contributed by atoms with Crippen LogP contribution >= 0.6 is 0 Å². The molecule has 0 unspecified atom stereocenters. The highest BCUT2D eigenvalue weighted by atomic mass is 19.1. The van der Waals surface area contributed by atoms with Crippen LogP contribution in [-0.4, -0.2) is 11.0 Å². The highest BCUT2D eigenvalue weighted by Gasteiger charge is 2.19. The van der Waals surface area contributed by atoms with Crippen LogP contribution in [0.4, 0.5) is 4.39 Å². The Morgan fingerprint density at radius 1 is 1.20 bits per heavy atom. The van der Waals surface area contributed by atoms with Gasteiger partial charge in [0.15, 0.2) is 0 Å². The van der Waals surface area contributed by atoms with Crippen LogP contribution in [0.25, 0.3) is 11.1 Å². The van der Waals surface area contributed by atoms with E-state index in [-0.39, 0.29) is 0 Å². The van der Waals surface area contributed by atoms with E-state index in [4.69, 9.17) is 5.26 Å². The van der Waals surface area contributed by atoms with E-state index in [1.807, 2.05) is 18.3 Å². The van der Waals surface area contributed by atoms with Crippen molar-refractivity contribution in [3.8, 4) is 17.2 Å². The van der Waals surface area contributed by atoms with Crippen molar-refractivity contribution in [1.82, 2.24) is 10.3 Å². The Labute approximate surface area is 117 Å². The Morgan fingerprint density at radius 3 is 2.80 bits per heavy atom. The summed E-state index contributed by atoms with van der Waals surface area (Å²) in [6, 6.07) is 8.93.